The number of rotatable bonds is 4. The smallest absolute Gasteiger partial charge is 0.225 e. The number of methoxy groups -OCH3 is 3. The number of nitrogen functional groups attached to an aromatic ring is 1. The number of hydrogen-bond acceptors (Lipinski definition) is 6. The molecule has 118 valence electrons. The Morgan fingerprint density at radius 3 is 2.41 bits per heavy atom. The zero-order valence-corrected chi connectivity index (χ0v) is 13.0. The Balaban J connectivity index is 1.95. The second-order valence-corrected chi connectivity index (χ2v) is 5.37. The van der Waals surface area contributed by atoms with E-state index in [0.717, 1.165) is 36.1 Å². The Hall–Kier alpha value is -2.37. The molecule has 1 unspecified atom stereocenters. The van der Waals surface area contributed by atoms with E-state index in [0.29, 0.717) is 29.1 Å². The highest BCUT2D eigenvalue weighted by Crippen LogP contribution is 2.43. The minimum Gasteiger partial charge on any atom is -0.493 e. The number of ether oxygens (including phenoxy) is 3. The summed E-state index contributed by atoms with van der Waals surface area (Å²) in [6, 6.07) is 4.00. The molecule has 6 heteroatoms. The minimum atomic E-state index is 0.325. The molecule has 1 atom stereocenters. The molecule has 3 rings (SSSR count). The number of nitrogens with two attached hydrogens (primary N) is 1. The average molecular weight is 304 g/mol. The zero-order chi connectivity index (χ0) is 15.7. The standard InChI is InChI=1S/C16H20N2O4/c1-19-13-7-10(8-14(20-2)15(13)21-3)9-4-5-11-12(6-9)18-22-16(11)17/h7-9H,4-6,17H2,1-3H3. The summed E-state index contributed by atoms with van der Waals surface area (Å²) in [6.07, 6.45) is 2.65. The van der Waals surface area contributed by atoms with Gasteiger partial charge in [0, 0.05) is 12.0 Å². The van der Waals surface area contributed by atoms with Crippen LogP contribution in [0, 0.1) is 0 Å². The van der Waals surface area contributed by atoms with Crippen molar-refractivity contribution in [3.05, 3.63) is 29.0 Å². The van der Waals surface area contributed by atoms with Crippen molar-refractivity contribution >= 4 is 5.88 Å². The highest BCUT2D eigenvalue weighted by atomic mass is 16.5. The quantitative estimate of drug-likeness (QED) is 0.935. The van der Waals surface area contributed by atoms with Crippen molar-refractivity contribution < 1.29 is 18.7 Å². The van der Waals surface area contributed by atoms with Crippen LogP contribution in [0.5, 0.6) is 17.2 Å². The Labute approximate surface area is 129 Å². The van der Waals surface area contributed by atoms with E-state index in [1.165, 1.54) is 0 Å². The van der Waals surface area contributed by atoms with E-state index < -0.39 is 0 Å². The predicted molar refractivity (Wildman–Crippen MR) is 81.8 cm³/mol. The second kappa shape index (κ2) is 5.79. The molecule has 0 radical (unpaired) electrons. The Bertz CT molecular complexity index is 656. The molecule has 0 bridgehead atoms. The summed E-state index contributed by atoms with van der Waals surface area (Å²) < 4.78 is 21.3. The van der Waals surface area contributed by atoms with Gasteiger partial charge in [-0.2, -0.15) is 0 Å². The number of aromatic nitrogens is 1. The van der Waals surface area contributed by atoms with Crippen LogP contribution in [0.4, 0.5) is 5.88 Å². The maximum absolute atomic E-state index is 5.79. The molecule has 0 fully saturated rings. The van der Waals surface area contributed by atoms with Gasteiger partial charge in [0.1, 0.15) is 0 Å². The summed E-state index contributed by atoms with van der Waals surface area (Å²) in [5.41, 5.74) is 8.92. The van der Waals surface area contributed by atoms with Gasteiger partial charge >= 0.3 is 0 Å². The molecule has 0 spiro atoms. The zero-order valence-electron chi connectivity index (χ0n) is 13.0. The molecule has 2 N–H and O–H groups in total. The predicted octanol–water partition coefficient (Wildman–Crippen LogP) is 2.56. The minimum absolute atomic E-state index is 0.325. The van der Waals surface area contributed by atoms with Crippen molar-refractivity contribution in [3.63, 3.8) is 0 Å². The molecule has 6 nitrogen and oxygen atoms in total. The van der Waals surface area contributed by atoms with Gasteiger partial charge in [0.05, 0.1) is 27.0 Å². The van der Waals surface area contributed by atoms with Crippen LogP contribution in [0.15, 0.2) is 16.7 Å². The molecule has 22 heavy (non-hydrogen) atoms. The van der Waals surface area contributed by atoms with Gasteiger partial charge in [-0.3, -0.25) is 0 Å². The Morgan fingerprint density at radius 2 is 1.82 bits per heavy atom. The Kier molecular flexibility index (Phi) is 3.83. The normalized spacial score (nSPS) is 17.0. The van der Waals surface area contributed by atoms with Crippen LogP contribution in [-0.4, -0.2) is 26.5 Å². The van der Waals surface area contributed by atoms with Crippen LogP contribution >= 0.6 is 0 Å². The summed E-state index contributed by atoms with van der Waals surface area (Å²) in [4.78, 5) is 0. The molecule has 1 aliphatic carbocycles. The molecule has 0 amide bonds. The van der Waals surface area contributed by atoms with Gasteiger partial charge in [-0.15, -0.1) is 0 Å². The molecule has 0 saturated carbocycles. The summed E-state index contributed by atoms with van der Waals surface area (Å²) in [5, 5.41) is 4.06. The molecule has 1 aliphatic rings. The van der Waals surface area contributed by atoms with Gasteiger partial charge in [0.2, 0.25) is 11.6 Å². The number of fused-ring (bicyclic) bond motifs is 1. The van der Waals surface area contributed by atoms with Crippen molar-refractivity contribution in [1.82, 2.24) is 5.16 Å². The van der Waals surface area contributed by atoms with Crippen LogP contribution in [0.3, 0.4) is 0 Å². The van der Waals surface area contributed by atoms with Gasteiger partial charge in [0.15, 0.2) is 11.5 Å². The average Bonchev–Trinajstić information content (AvgIpc) is 2.94. The first-order valence-electron chi connectivity index (χ1n) is 7.20. The third-order valence-corrected chi connectivity index (χ3v) is 4.24. The molecule has 0 saturated heterocycles. The molecular weight excluding hydrogens is 284 g/mol. The fourth-order valence-corrected chi connectivity index (χ4v) is 3.06. The molecule has 2 aromatic rings. The number of hydrogen-bond donors (Lipinski definition) is 1. The van der Waals surface area contributed by atoms with Crippen molar-refractivity contribution in [1.29, 1.82) is 0 Å². The van der Waals surface area contributed by atoms with E-state index in [2.05, 4.69) is 5.16 Å². The van der Waals surface area contributed by atoms with Crippen molar-refractivity contribution in [3.8, 4) is 17.2 Å². The summed E-state index contributed by atoms with van der Waals surface area (Å²) in [7, 11) is 4.85. The third-order valence-electron chi connectivity index (χ3n) is 4.24. The molecule has 1 aromatic carbocycles. The highest BCUT2D eigenvalue weighted by molar-refractivity contribution is 5.55. The maximum Gasteiger partial charge on any atom is 0.225 e. The first-order valence-corrected chi connectivity index (χ1v) is 7.20. The molecule has 1 aromatic heterocycles. The lowest BCUT2D eigenvalue weighted by Gasteiger charge is -2.23. The molecule has 0 aliphatic heterocycles. The fraction of sp³-hybridized carbons (Fsp3) is 0.438. The van der Waals surface area contributed by atoms with E-state index in [1.807, 2.05) is 12.1 Å². The highest BCUT2D eigenvalue weighted by Gasteiger charge is 2.27. The number of nitrogens with zero attached hydrogens (tertiary/aromatic N) is 1. The lowest BCUT2D eigenvalue weighted by molar-refractivity contribution is 0.323. The van der Waals surface area contributed by atoms with E-state index in [9.17, 15) is 0 Å². The summed E-state index contributed by atoms with van der Waals surface area (Å²) in [5.74, 6) is 2.71. The van der Waals surface area contributed by atoms with Crippen LogP contribution < -0.4 is 19.9 Å². The van der Waals surface area contributed by atoms with E-state index >= 15 is 0 Å². The first-order chi connectivity index (χ1) is 10.7. The SMILES string of the molecule is COc1cc(C2CCc3c(noc3N)C2)cc(OC)c1OC. The lowest BCUT2D eigenvalue weighted by atomic mass is 9.83. The molecule has 1 heterocycles. The Morgan fingerprint density at radius 1 is 1.14 bits per heavy atom. The number of anilines is 1. The van der Waals surface area contributed by atoms with E-state index in [1.54, 1.807) is 21.3 Å². The second-order valence-electron chi connectivity index (χ2n) is 5.37. The van der Waals surface area contributed by atoms with E-state index in [4.69, 9.17) is 24.5 Å². The topological polar surface area (TPSA) is 79.7 Å². The monoisotopic (exact) mass is 304 g/mol. The number of benzene rings is 1. The van der Waals surface area contributed by atoms with Crippen LogP contribution in [-0.2, 0) is 12.8 Å². The van der Waals surface area contributed by atoms with Crippen LogP contribution in [0.25, 0.3) is 0 Å². The van der Waals surface area contributed by atoms with Gasteiger partial charge in [-0.1, -0.05) is 5.16 Å². The van der Waals surface area contributed by atoms with Crippen molar-refractivity contribution in [2.45, 2.75) is 25.2 Å². The fourth-order valence-electron chi connectivity index (χ4n) is 3.06. The van der Waals surface area contributed by atoms with Gasteiger partial charge in [0.25, 0.3) is 0 Å². The van der Waals surface area contributed by atoms with Crippen molar-refractivity contribution in [2.24, 2.45) is 0 Å². The van der Waals surface area contributed by atoms with Crippen molar-refractivity contribution in [2.75, 3.05) is 27.1 Å². The summed E-state index contributed by atoms with van der Waals surface area (Å²) in [6.45, 7) is 0. The largest absolute Gasteiger partial charge is 0.493 e. The van der Waals surface area contributed by atoms with Crippen LogP contribution in [0.1, 0.15) is 29.2 Å². The first kappa shape index (κ1) is 14.6. The van der Waals surface area contributed by atoms with E-state index in [-0.39, 0.29) is 0 Å². The lowest BCUT2D eigenvalue weighted by Crippen LogP contribution is -2.13. The van der Waals surface area contributed by atoms with Gasteiger partial charge in [-0.25, -0.2) is 0 Å². The van der Waals surface area contributed by atoms with Crippen LogP contribution in [0.2, 0.25) is 0 Å². The van der Waals surface area contributed by atoms with Gasteiger partial charge in [-0.05, 0) is 36.5 Å². The summed E-state index contributed by atoms with van der Waals surface area (Å²) >= 11 is 0. The third kappa shape index (κ3) is 2.34. The molecular formula is C16H20N2O4. The van der Waals surface area contributed by atoms with Gasteiger partial charge < -0.3 is 24.5 Å². The maximum atomic E-state index is 5.79.